The van der Waals surface area contributed by atoms with E-state index in [-0.39, 0.29) is 41.3 Å². The Morgan fingerprint density at radius 2 is 1.13 bits per heavy atom. The Labute approximate surface area is 450 Å². The molecule has 7 fully saturated rings. The van der Waals surface area contributed by atoms with Crippen LogP contribution in [0.25, 0.3) is 0 Å². The van der Waals surface area contributed by atoms with Gasteiger partial charge in [-0.2, -0.15) is 0 Å². The number of carbonyl (C=O) groups excluding carboxylic acids is 1. The molecule has 77 heavy (non-hydrogen) atoms. The molecule has 0 bridgehead atoms. The minimum Gasteiger partial charge on any atom is -0.394 e. The highest BCUT2D eigenvalue weighted by Gasteiger charge is 2.71. The summed E-state index contributed by atoms with van der Waals surface area (Å²) < 4.78 is 48.0. The number of aliphatic hydroxyl groups excluding tert-OH is 14. The first-order valence-electron chi connectivity index (χ1n) is 27.8. The van der Waals surface area contributed by atoms with E-state index in [1.54, 1.807) is 13.8 Å². The lowest BCUT2D eigenvalue weighted by molar-refractivity contribution is -0.380. The topological polar surface area (TPSA) is 374 Å². The minimum atomic E-state index is -1.85. The van der Waals surface area contributed by atoms with Crippen molar-refractivity contribution >= 4 is 5.78 Å². The molecule has 3 saturated carbocycles. The quantitative estimate of drug-likeness (QED) is 0.0744. The van der Waals surface area contributed by atoms with Crippen LogP contribution in [0.4, 0.5) is 0 Å². The highest BCUT2D eigenvalue weighted by molar-refractivity contribution is 5.88. The molecular formula is C54H90O23. The highest BCUT2D eigenvalue weighted by Crippen LogP contribution is 2.74. The first-order chi connectivity index (χ1) is 35.9. The third-order valence-electron chi connectivity index (χ3n) is 20.7. The monoisotopic (exact) mass is 1110 g/mol. The van der Waals surface area contributed by atoms with E-state index in [1.165, 1.54) is 6.92 Å². The Morgan fingerprint density at radius 1 is 0.623 bits per heavy atom. The van der Waals surface area contributed by atoms with E-state index in [1.807, 2.05) is 13.8 Å². The van der Waals surface area contributed by atoms with Crippen LogP contribution < -0.4 is 0 Å². The predicted octanol–water partition coefficient (Wildman–Crippen LogP) is -2.00. The number of fused-ring (bicyclic) bond motifs is 5. The van der Waals surface area contributed by atoms with Gasteiger partial charge in [0.05, 0.1) is 43.7 Å². The number of ether oxygens (including phenoxy) is 8. The number of hydrogen-bond acceptors (Lipinski definition) is 23. The lowest BCUT2D eigenvalue weighted by Crippen LogP contribution is -2.65. The van der Waals surface area contributed by atoms with Gasteiger partial charge >= 0.3 is 0 Å². The van der Waals surface area contributed by atoms with Crippen LogP contribution in [0, 0.1) is 45.3 Å². The van der Waals surface area contributed by atoms with Crippen LogP contribution in [0.15, 0.2) is 11.6 Å². The second-order valence-electron chi connectivity index (χ2n) is 25.6. The third kappa shape index (κ3) is 10.6. The van der Waals surface area contributed by atoms with Crippen molar-refractivity contribution in [3.8, 4) is 0 Å². The first kappa shape index (κ1) is 61.6. The summed E-state index contributed by atoms with van der Waals surface area (Å²) in [6.07, 6.45) is -25.8. The van der Waals surface area contributed by atoms with Crippen LogP contribution in [-0.2, 0) is 42.7 Å². The van der Waals surface area contributed by atoms with Crippen LogP contribution >= 0.6 is 0 Å². The van der Waals surface area contributed by atoms with Crippen molar-refractivity contribution in [2.75, 3.05) is 19.8 Å². The number of ketones is 1. The number of rotatable bonds is 16. The average molecular weight is 1110 g/mol. The maximum absolute atomic E-state index is 15.2. The first-order valence-corrected chi connectivity index (χ1v) is 27.8. The van der Waals surface area contributed by atoms with Crippen molar-refractivity contribution in [2.24, 2.45) is 45.3 Å². The van der Waals surface area contributed by atoms with Gasteiger partial charge in [0.1, 0.15) is 97.3 Å². The summed E-state index contributed by atoms with van der Waals surface area (Å²) in [6.45, 7) is 15.6. The molecule has 444 valence electrons. The van der Waals surface area contributed by atoms with E-state index in [9.17, 15) is 71.5 Å². The van der Waals surface area contributed by atoms with E-state index in [4.69, 9.17) is 37.9 Å². The van der Waals surface area contributed by atoms with Crippen molar-refractivity contribution in [3.63, 3.8) is 0 Å². The molecule has 0 spiro atoms. The Bertz CT molecular complexity index is 2060. The van der Waals surface area contributed by atoms with Gasteiger partial charge < -0.3 is 109 Å². The Morgan fingerprint density at radius 3 is 1.70 bits per heavy atom. The molecule has 0 aromatic heterocycles. The van der Waals surface area contributed by atoms with E-state index in [2.05, 4.69) is 33.8 Å². The van der Waals surface area contributed by atoms with Crippen molar-refractivity contribution in [2.45, 2.75) is 254 Å². The van der Waals surface area contributed by atoms with Gasteiger partial charge in [0, 0.05) is 17.3 Å². The smallest absolute Gasteiger partial charge is 0.187 e. The molecule has 0 amide bonds. The second-order valence-corrected chi connectivity index (χ2v) is 25.6. The molecule has 23 heteroatoms. The fraction of sp³-hybridized carbons (Fsp3) is 0.944. The summed E-state index contributed by atoms with van der Waals surface area (Å²) in [7, 11) is 0. The third-order valence-corrected chi connectivity index (χ3v) is 20.7. The molecule has 8 rings (SSSR count). The van der Waals surface area contributed by atoms with Crippen LogP contribution in [0.2, 0.25) is 0 Å². The van der Waals surface area contributed by atoms with Crippen molar-refractivity contribution in [1.82, 2.24) is 0 Å². The number of allylic oxidation sites excluding steroid dienone is 1. The molecule has 4 saturated heterocycles. The molecule has 0 aromatic carbocycles. The standard InChI is InChI=1S/C54H90O23/c1-22(10-14-31(58)51(5,6)77-49-45(41(67)37(63)29(21-57)73-49)76-47-43(69)39(65)35(61)27(19-55)71-47)24-16-17-52(7)30-13-11-25-26(54(30,9)32(59)18-53(24,52)8)12-15-33(50(25,3)4)74-48-44(40(66)36(62)28(20-56)72-48)75-46-42(68)38(64)34(60)23(2)70-46/h11,22-24,26-31,33-49,55-58,60-69H,10,12-21H2,1-9H3/t22-,23+,24-,26-,27-,28-,29-,30+,31+,33+,34+,35-,36-,37-,38-,39+,40+,41+,42-,43-,44-,45-,46+,47+,48+,49+,52+,53-,54+/m1/s1. The fourth-order valence-electron chi connectivity index (χ4n) is 15.3. The molecule has 4 aliphatic carbocycles. The molecule has 4 aliphatic heterocycles. The van der Waals surface area contributed by atoms with Gasteiger partial charge in [0.2, 0.25) is 0 Å². The SMILES string of the molecule is C[C@H](CC[C@H](O)C(C)(C)O[C@@H]1O[C@H](CO)[C@@H](O)[C@H](O)[C@H]1O[C@@H]1O[C@H](CO)[C@@H](O)[C@H](O)[C@H]1O)[C@H]1CC[C@@]2(C)[C@@H]3CC=C4[C@@H](CC[C@H](O[C@@H]5O[C@H](CO)[C@@H](O)[C@H](O)[C@H]5O[C@@H]5O[C@@H](C)[C@H](O)[C@@H](O)[C@H]5O)C4(C)C)[C@]3(C)C(=O)C[C@]12C. The molecule has 23 nitrogen and oxygen atoms in total. The molecule has 0 unspecified atom stereocenters. The summed E-state index contributed by atoms with van der Waals surface area (Å²) in [4.78, 5) is 15.2. The van der Waals surface area contributed by atoms with Crippen molar-refractivity contribution < 1.29 is 114 Å². The van der Waals surface area contributed by atoms with Gasteiger partial charge in [-0.15, -0.1) is 0 Å². The van der Waals surface area contributed by atoms with Gasteiger partial charge in [-0.25, -0.2) is 0 Å². The average Bonchev–Trinajstić information content (AvgIpc) is 3.93. The second kappa shape index (κ2) is 22.9. The lowest BCUT2D eigenvalue weighted by atomic mass is 9.38. The van der Waals surface area contributed by atoms with Crippen LogP contribution in [0.3, 0.4) is 0 Å². The Kier molecular flexibility index (Phi) is 18.4. The van der Waals surface area contributed by atoms with Crippen LogP contribution in [0.1, 0.15) is 114 Å². The fourth-order valence-corrected chi connectivity index (χ4v) is 15.3. The summed E-state index contributed by atoms with van der Waals surface area (Å²) in [6, 6.07) is 0. The molecular weight excluding hydrogens is 1020 g/mol. The summed E-state index contributed by atoms with van der Waals surface area (Å²) in [5, 5.41) is 149. The number of Topliss-reactive ketones (excluding diaryl/α,β-unsaturated/α-hetero) is 1. The normalized spacial score (nSPS) is 51.0. The zero-order valence-electron chi connectivity index (χ0n) is 45.8. The van der Waals surface area contributed by atoms with E-state index in [0.29, 0.717) is 32.1 Å². The van der Waals surface area contributed by atoms with Gasteiger partial charge in [-0.05, 0) is 100 Å². The van der Waals surface area contributed by atoms with E-state index >= 15 is 4.79 Å². The van der Waals surface area contributed by atoms with Gasteiger partial charge in [-0.3, -0.25) is 4.79 Å². The van der Waals surface area contributed by atoms with Gasteiger partial charge in [-0.1, -0.05) is 53.2 Å². The molecule has 29 atom stereocenters. The number of aliphatic hydroxyl groups is 14. The largest absolute Gasteiger partial charge is 0.394 e. The summed E-state index contributed by atoms with van der Waals surface area (Å²) in [5.41, 5.74) is -2.38. The van der Waals surface area contributed by atoms with E-state index < -0.39 is 177 Å². The molecule has 14 N–H and O–H groups in total. The summed E-state index contributed by atoms with van der Waals surface area (Å²) >= 11 is 0. The van der Waals surface area contributed by atoms with Gasteiger partial charge in [0.15, 0.2) is 25.2 Å². The lowest BCUT2D eigenvalue weighted by Gasteiger charge is -2.65. The van der Waals surface area contributed by atoms with Crippen molar-refractivity contribution in [1.29, 1.82) is 0 Å². The molecule has 0 aromatic rings. The highest BCUT2D eigenvalue weighted by atomic mass is 16.8. The maximum atomic E-state index is 15.2. The Balaban J connectivity index is 0.942. The summed E-state index contributed by atoms with van der Waals surface area (Å²) in [5.74, 6) is 0.235. The Hall–Kier alpha value is -1.47. The van der Waals surface area contributed by atoms with Crippen molar-refractivity contribution in [3.05, 3.63) is 11.6 Å². The zero-order valence-corrected chi connectivity index (χ0v) is 45.8. The predicted molar refractivity (Wildman–Crippen MR) is 265 cm³/mol. The van der Waals surface area contributed by atoms with Gasteiger partial charge in [0.25, 0.3) is 0 Å². The molecule has 8 aliphatic rings. The number of hydrogen-bond donors (Lipinski definition) is 14. The van der Waals surface area contributed by atoms with Crippen LogP contribution in [-0.4, -0.2) is 238 Å². The molecule has 0 radical (unpaired) electrons. The van der Waals surface area contributed by atoms with E-state index in [0.717, 1.165) is 18.4 Å². The van der Waals surface area contributed by atoms with Crippen LogP contribution in [0.5, 0.6) is 0 Å². The maximum Gasteiger partial charge on any atom is 0.187 e. The molecule has 4 heterocycles. The number of carbonyl (C=O) groups is 1. The zero-order chi connectivity index (χ0) is 56.8. The minimum absolute atomic E-state index is 0.00299.